The first kappa shape index (κ1) is 11.0. The van der Waals surface area contributed by atoms with Crippen molar-refractivity contribution in [2.75, 3.05) is 7.11 Å². The van der Waals surface area contributed by atoms with Gasteiger partial charge in [-0.3, -0.25) is 0 Å². The van der Waals surface area contributed by atoms with Crippen LogP contribution >= 0.6 is 11.3 Å². The monoisotopic (exact) mass is 235 g/mol. The lowest BCUT2D eigenvalue weighted by atomic mass is 10.2. The van der Waals surface area contributed by atoms with Gasteiger partial charge in [-0.25, -0.2) is 9.97 Å². The zero-order chi connectivity index (χ0) is 11.2. The topological polar surface area (TPSA) is 47.0 Å². The molecule has 1 N–H and O–H groups in total. The van der Waals surface area contributed by atoms with E-state index in [9.17, 15) is 0 Å². The summed E-state index contributed by atoms with van der Waals surface area (Å²) in [5.74, 6) is 0.674. The molecule has 0 saturated carbocycles. The Balaban J connectivity index is 1.89. The Labute approximate surface area is 98.3 Å². The summed E-state index contributed by atoms with van der Waals surface area (Å²) >= 11 is 1.61. The minimum absolute atomic E-state index is 0.674. The van der Waals surface area contributed by atoms with Crippen LogP contribution in [0, 0.1) is 0 Å². The summed E-state index contributed by atoms with van der Waals surface area (Å²) < 4.78 is 5.17. The van der Waals surface area contributed by atoms with E-state index in [2.05, 4.69) is 15.3 Å². The fourth-order valence-electron chi connectivity index (χ4n) is 1.39. The number of methoxy groups -OCH3 is 1. The van der Waals surface area contributed by atoms with E-state index in [-0.39, 0.29) is 0 Å². The molecule has 0 aliphatic carbocycles. The maximum absolute atomic E-state index is 5.17. The first-order valence-corrected chi connectivity index (χ1v) is 5.90. The molecule has 0 spiro atoms. The van der Waals surface area contributed by atoms with Gasteiger partial charge in [0.2, 0.25) is 5.88 Å². The van der Waals surface area contributed by atoms with E-state index in [1.807, 2.05) is 23.0 Å². The Morgan fingerprint density at radius 2 is 2.31 bits per heavy atom. The largest absolute Gasteiger partial charge is 0.481 e. The molecule has 4 nitrogen and oxygen atoms in total. The summed E-state index contributed by atoms with van der Waals surface area (Å²) in [5.41, 5.74) is 3.95. The van der Waals surface area contributed by atoms with Crippen LogP contribution in [0.3, 0.4) is 0 Å². The molecule has 5 heteroatoms. The number of hydrogen-bond donors (Lipinski definition) is 1. The van der Waals surface area contributed by atoms with Gasteiger partial charge >= 0.3 is 0 Å². The van der Waals surface area contributed by atoms with Gasteiger partial charge in [-0.15, -0.1) is 11.3 Å². The van der Waals surface area contributed by atoms with Gasteiger partial charge in [-0.2, -0.15) is 0 Å². The molecule has 0 atom stereocenters. The second-order valence-corrected chi connectivity index (χ2v) is 3.97. The van der Waals surface area contributed by atoms with Crippen molar-refractivity contribution < 1.29 is 4.74 Å². The second kappa shape index (κ2) is 5.58. The summed E-state index contributed by atoms with van der Waals surface area (Å²) in [6, 6.07) is 3.91. The summed E-state index contributed by atoms with van der Waals surface area (Å²) in [6.45, 7) is 1.50. The van der Waals surface area contributed by atoms with Crippen LogP contribution in [0.15, 0.2) is 29.2 Å². The number of nitrogens with one attached hydrogen (secondary N) is 1. The molecule has 0 fully saturated rings. The molecule has 16 heavy (non-hydrogen) atoms. The predicted octanol–water partition coefficient (Wildman–Crippen LogP) is 1.84. The minimum Gasteiger partial charge on any atom is -0.481 e. The smallest absolute Gasteiger partial charge is 0.217 e. The van der Waals surface area contributed by atoms with Crippen LogP contribution in [0.2, 0.25) is 0 Å². The van der Waals surface area contributed by atoms with Crippen molar-refractivity contribution >= 4 is 11.3 Å². The van der Waals surface area contributed by atoms with Crippen LogP contribution < -0.4 is 10.1 Å². The summed E-state index contributed by atoms with van der Waals surface area (Å²) in [6.07, 6.45) is 1.72. The van der Waals surface area contributed by atoms with Crippen molar-refractivity contribution in [2.24, 2.45) is 0 Å². The van der Waals surface area contributed by atoms with Gasteiger partial charge in [0.05, 0.1) is 18.3 Å². The summed E-state index contributed by atoms with van der Waals surface area (Å²) in [5, 5.41) is 5.34. The van der Waals surface area contributed by atoms with Gasteiger partial charge in [-0.05, 0) is 6.07 Å². The molecule has 84 valence electrons. The molecule has 0 unspecified atom stereocenters. The SMILES string of the molecule is COc1ncccc1CNCc1cscn1. The van der Waals surface area contributed by atoms with Gasteiger partial charge in [-0.1, -0.05) is 6.07 Å². The molecule has 2 aromatic rings. The molecule has 0 saturated heterocycles. The lowest BCUT2D eigenvalue weighted by Gasteiger charge is -2.07. The van der Waals surface area contributed by atoms with Crippen molar-refractivity contribution in [3.05, 3.63) is 40.5 Å². The first-order valence-electron chi connectivity index (χ1n) is 4.96. The highest BCUT2D eigenvalue weighted by atomic mass is 32.1. The van der Waals surface area contributed by atoms with Crippen LogP contribution in [0.5, 0.6) is 5.88 Å². The predicted molar refractivity (Wildman–Crippen MR) is 63.4 cm³/mol. The van der Waals surface area contributed by atoms with E-state index in [0.717, 1.165) is 24.3 Å². The molecule has 2 heterocycles. The summed E-state index contributed by atoms with van der Waals surface area (Å²) in [7, 11) is 1.63. The maximum atomic E-state index is 5.17. The standard InChI is InChI=1S/C11H13N3OS/c1-15-11-9(3-2-4-13-11)5-12-6-10-7-16-8-14-10/h2-4,7-8,12H,5-6H2,1H3. The molecule has 0 amide bonds. The number of ether oxygens (including phenoxy) is 1. The zero-order valence-electron chi connectivity index (χ0n) is 9.01. The van der Waals surface area contributed by atoms with Crippen LogP contribution in [0.1, 0.15) is 11.3 Å². The van der Waals surface area contributed by atoms with Crippen LogP contribution in [-0.2, 0) is 13.1 Å². The van der Waals surface area contributed by atoms with Crippen molar-refractivity contribution in [2.45, 2.75) is 13.1 Å². The molecular formula is C11H13N3OS. The molecule has 0 radical (unpaired) electrons. The highest BCUT2D eigenvalue weighted by molar-refractivity contribution is 7.07. The zero-order valence-corrected chi connectivity index (χ0v) is 9.83. The Morgan fingerprint density at radius 3 is 3.06 bits per heavy atom. The van der Waals surface area contributed by atoms with Crippen molar-refractivity contribution in [1.82, 2.24) is 15.3 Å². The third kappa shape index (κ3) is 2.77. The quantitative estimate of drug-likeness (QED) is 0.859. The van der Waals surface area contributed by atoms with Crippen molar-refractivity contribution in [1.29, 1.82) is 0 Å². The van der Waals surface area contributed by atoms with Gasteiger partial charge in [0.1, 0.15) is 0 Å². The molecule has 2 aromatic heterocycles. The Kier molecular flexibility index (Phi) is 3.85. The highest BCUT2D eigenvalue weighted by Gasteiger charge is 2.02. The lowest BCUT2D eigenvalue weighted by Crippen LogP contribution is -2.13. The fraction of sp³-hybridized carbons (Fsp3) is 0.273. The Bertz CT molecular complexity index is 431. The fourth-order valence-corrected chi connectivity index (χ4v) is 1.95. The number of pyridine rings is 1. The lowest BCUT2D eigenvalue weighted by molar-refractivity contribution is 0.390. The van der Waals surface area contributed by atoms with Gasteiger partial charge in [0.25, 0.3) is 0 Å². The average molecular weight is 235 g/mol. The van der Waals surface area contributed by atoms with E-state index >= 15 is 0 Å². The van der Waals surface area contributed by atoms with E-state index in [4.69, 9.17) is 4.74 Å². The molecule has 0 aliphatic rings. The third-order valence-electron chi connectivity index (χ3n) is 2.15. The Morgan fingerprint density at radius 1 is 1.38 bits per heavy atom. The van der Waals surface area contributed by atoms with Gasteiger partial charge < -0.3 is 10.1 Å². The van der Waals surface area contributed by atoms with Gasteiger partial charge in [0.15, 0.2) is 0 Å². The number of nitrogens with zero attached hydrogens (tertiary/aromatic N) is 2. The van der Waals surface area contributed by atoms with Gasteiger partial charge in [0, 0.05) is 30.2 Å². The Hall–Kier alpha value is -1.46. The van der Waals surface area contributed by atoms with E-state index in [1.54, 1.807) is 24.6 Å². The number of thiazole rings is 1. The molecule has 0 aromatic carbocycles. The molecule has 2 rings (SSSR count). The molecule has 0 aliphatic heterocycles. The number of aromatic nitrogens is 2. The number of rotatable bonds is 5. The van der Waals surface area contributed by atoms with E-state index in [1.165, 1.54) is 0 Å². The van der Waals surface area contributed by atoms with Crippen LogP contribution in [0.25, 0.3) is 0 Å². The van der Waals surface area contributed by atoms with Crippen LogP contribution in [-0.4, -0.2) is 17.1 Å². The summed E-state index contributed by atoms with van der Waals surface area (Å²) in [4.78, 5) is 8.34. The maximum Gasteiger partial charge on any atom is 0.217 e. The normalized spacial score (nSPS) is 10.3. The number of hydrogen-bond acceptors (Lipinski definition) is 5. The highest BCUT2D eigenvalue weighted by Crippen LogP contribution is 2.13. The molecule has 0 bridgehead atoms. The van der Waals surface area contributed by atoms with Crippen molar-refractivity contribution in [3.8, 4) is 5.88 Å². The van der Waals surface area contributed by atoms with E-state index < -0.39 is 0 Å². The van der Waals surface area contributed by atoms with E-state index in [0.29, 0.717) is 5.88 Å². The minimum atomic E-state index is 0.674. The molecular weight excluding hydrogens is 222 g/mol. The first-order chi connectivity index (χ1) is 7.90. The third-order valence-corrected chi connectivity index (χ3v) is 2.78. The second-order valence-electron chi connectivity index (χ2n) is 3.26. The average Bonchev–Trinajstić information content (AvgIpc) is 2.83. The van der Waals surface area contributed by atoms with Crippen LogP contribution in [0.4, 0.5) is 0 Å². The van der Waals surface area contributed by atoms with Crippen molar-refractivity contribution in [3.63, 3.8) is 0 Å².